The zero-order valence-electron chi connectivity index (χ0n) is 8.37. The predicted molar refractivity (Wildman–Crippen MR) is 61.8 cm³/mol. The largest absolute Gasteiger partial charge is 0.386 e. The molecule has 0 spiro atoms. The molecule has 0 amide bonds. The molecule has 90 valence electrons. The first kappa shape index (κ1) is 12.8. The van der Waals surface area contributed by atoms with E-state index in [-0.39, 0.29) is 17.4 Å². The number of nitro benzene ring substituents is 2. The van der Waals surface area contributed by atoms with E-state index in [1.54, 1.807) is 0 Å². The monoisotopic (exact) mass is 258 g/mol. The van der Waals surface area contributed by atoms with Crippen LogP contribution in [0, 0.1) is 20.2 Å². The van der Waals surface area contributed by atoms with Crippen LogP contribution in [-0.4, -0.2) is 21.6 Å². The van der Waals surface area contributed by atoms with Crippen LogP contribution < -0.4 is 5.73 Å². The number of halogens is 1. The Balaban J connectivity index is 3.46. The standard InChI is InChI=1S/C8H7ClN4O4/c9-4-7(10)11-5-2-1-3-6(12(14)15)8(5)13(16)17/h1-3H,4H2,(H2,10,11). The van der Waals surface area contributed by atoms with E-state index in [0.717, 1.165) is 6.07 Å². The summed E-state index contributed by atoms with van der Waals surface area (Å²) < 4.78 is 0. The maximum Gasteiger partial charge on any atom is 0.371 e. The molecule has 2 N–H and O–H groups in total. The first-order valence-corrected chi connectivity index (χ1v) is 4.81. The molecule has 0 unspecified atom stereocenters. The second kappa shape index (κ2) is 5.21. The molecule has 0 fully saturated rings. The molecular formula is C8H7ClN4O4. The molecule has 0 atom stereocenters. The van der Waals surface area contributed by atoms with Gasteiger partial charge < -0.3 is 5.73 Å². The lowest BCUT2D eigenvalue weighted by Crippen LogP contribution is -2.12. The van der Waals surface area contributed by atoms with Crippen molar-refractivity contribution < 1.29 is 9.85 Å². The van der Waals surface area contributed by atoms with Gasteiger partial charge in [-0.25, -0.2) is 4.99 Å². The minimum atomic E-state index is -0.877. The number of hydrogen-bond donors (Lipinski definition) is 1. The number of benzene rings is 1. The van der Waals surface area contributed by atoms with Crippen LogP contribution in [0.5, 0.6) is 0 Å². The van der Waals surface area contributed by atoms with Crippen LogP contribution >= 0.6 is 11.6 Å². The van der Waals surface area contributed by atoms with Crippen molar-refractivity contribution in [2.45, 2.75) is 0 Å². The molecule has 17 heavy (non-hydrogen) atoms. The van der Waals surface area contributed by atoms with Crippen LogP contribution in [0.4, 0.5) is 17.1 Å². The first-order chi connectivity index (χ1) is 7.97. The van der Waals surface area contributed by atoms with E-state index >= 15 is 0 Å². The Kier molecular flexibility index (Phi) is 3.94. The Bertz CT molecular complexity index is 502. The molecule has 0 saturated heterocycles. The second-order valence-electron chi connectivity index (χ2n) is 2.90. The molecule has 0 aliphatic rings. The van der Waals surface area contributed by atoms with Crippen LogP contribution in [0.15, 0.2) is 23.2 Å². The van der Waals surface area contributed by atoms with Gasteiger partial charge in [0.05, 0.1) is 15.7 Å². The van der Waals surface area contributed by atoms with Crippen LogP contribution in [0.1, 0.15) is 0 Å². The fourth-order valence-electron chi connectivity index (χ4n) is 1.13. The summed E-state index contributed by atoms with van der Waals surface area (Å²) in [6, 6.07) is 3.56. The lowest BCUT2D eigenvalue weighted by Gasteiger charge is -1.99. The van der Waals surface area contributed by atoms with Gasteiger partial charge in [0.1, 0.15) is 5.84 Å². The average Bonchev–Trinajstić information content (AvgIpc) is 2.28. The summed E-state index contributed by atoms with van der Waals surface area (Å²) >= 11 is 5.38. The van der Waals surface area contributed by atoms with Crippen molar-refractivity contribution in [1.29, 1.82) is 0 Å². The van der Waals surface area contributed by atoms with Gasteiger partial charge in [-0.2, -0.15) is 0 Å². The molecule has 0 heterocycles. The van der Waals surface area contributed by atoms with Gasteiger partial charge in [0.2, 0.25) is 0 Å². The van der Waals surface area contributed by atoms with Crippen molar-refractivity contribution in [1.82, 2.24) is 0 Å². The Hall–Kier alpha value is -2.22. The molecule has 1 rings (SSSR count). The summed E-state index contributed by atoms with van der Waals surface area (Å²) in [5.41, 5.74) is 3.79. The number of amidine groups is 1. The lowest BCUT2D eigenvalue weighted by molar-refractivity contribution is -0.421. The minimum absolute atomic E-state index is 0.0599. The van der Waals surface area contributed by atoms with Crippen LogP contribution in [-0.2, 0) is 0 Å². The minimum Gasteiger partial charge on any atom is -0.386 e. The number of para-hydroxylation sites is 1. The van der Waals surface area contributed by atoms with Crippen LogP contribution in [0.2, 0.25) is 0 Å². The predicted octanol–water partition coefficient (Wildman–Crippen LogP) is 1.73. The number of hydrogen-bond acceptors (Lipinski definition) is 5. The molecule has 1 aromatic rings. The second-order valence-corrected chi connectivity index (χ2v) is 3.16. The number of nitrogens with zero attached hydrogens (tertiary/aromatic N) is 3. The molecule has 0 bridgehead atoms. The zero-order chi connectivity index (χ0) is 13.0. The van der Waals surface area contributed by atoms with Gasteiger partial charge in [0.15, 0.2) is 5.69 Å². The zero-order valence-corrected chi connectivity index (χ0v) is 9.13. The number of aliphatic imine (C=N–C) groups is 1. The van der Waals surface area contributed by atoms with E-state index < -0.39 is 21.2 Å². The Morgan fingerprint density at radius 3 is 2.47 bits per heavy atom. The lowest BCUT2D eigenvalue weighted by atomic mass is 10.2. The number of rotatable bonds is 4. The van der Waals surface area contributed by atoms with E-state index in [2.05, 4.69) is 4.99 Å². The molecule has 0 aromatic heterocycles. The van der Waals surface area contributed by atoms with Gasteiger partial charge in [0.25, 0.3) is 0 Å². The van der Waals surface area contributed by atoms with Crippen molar-refractivity contribution in [3.05, 3.63) is 38.4 Å². The highest BCUT2D eigenvalue weighted by molar-refractivity contribution is 6.28. The van der Waals surface area contributed by atoms with E-state index in [1.165, 1.54) is 12.1 Å². The SMILES string of the molecule is NC(CCl)=Nc1cccc([N+](=O)[O-])c1[N+](=O)[O-]. The van der Waals surface area contributed by atoms with Crippen molar-refractivity contribution in [3.63, 3.8) is 0 Å². The fourth-order valence-corrected chi connectivity index (χ4v) is 1.19. The third-order valence-corrected chi connectivity index (χ3v) is 2.05. The molecule has 0 aliphatic carbocycles. The Labute approximate surface area is 100 Å². The van der Waals surface area contributed by atoms with E-state index in [1.807, 2.05) is 0 Å². The van der Waals surface area contributed by atoms with Crippen molar-refractivity contribution in [2.75, 3.05) is 5.88 Å². The molecule has 0 radical (unpaired) electrons. The molecule has 0 saturated carbocycles. The average molecular weight is 259 g/mol. The van der Waals surface area contributed by atoms with Crippen molar-refractivity contribution >= 4 is 34.5 Å². The summed E-state index contributed by atoms with van der Waals surface area (Å²) in [7, 11) is 0. The molecule has 9 heteroatoms. The molecule has 8 nitrogen and oxygen atoms in total. The maximum atomic E-state index is 10.8. The fraction of sp³-hybridized carbons (Fsp3) is 0.125. The topological polar surface area (TPSA) is 125 Å². The highest BCUT2D eigenvalue weighted by Gasteiger charge is 2.28. The third kappa shape index (κ3) is 2.88. The Morgan fingerprint density at radius 1 is 1.35 bits per heavy atom. The summed E-state index contributed by atoms with van der Waals surface area (Å²) in [5, 5.41) is 21.4. The summed E-state index contributed by atoms with van der Waals surface area (Å²) in [4.78, 5) is 23.3. The number of nitrogens with two attached hydrogens (primary N) is 1. The van der Waals surface area contributed by atoms with E-state index in [9.17, 15) is 20.2 Å². The molecule has 1 aromatic carbocycles. The van der Waals surface area contributed by atoms with Gasteiger partial charge in [-0.15, -0.1) is 11.6 Å². The number of nitro groups is 2. The van der Waals surface area contributed by atoms with Crippen LogP contribution in [0.3, 0.4) is 0 Å². The van der Waals surface area contributed by atoms with E-state index in [4.69, 9.17) is 17.3 Å². The summed E-state index contributed by atoms with van der Waals surface area (Å²) in [6.07, 6.45) is 0. The molecule has 0 aliphatic heterocycles. The van der Waals surface area contributed by atoms with Crippen LogP contribution in [0.25, 0.3) is 0 Å². The Morgan fingerprint density at radius 2 is 2.00 bits per heavy atom. The highest BCUT2D eigenvalue weighted by atomic mass is 35.5. The van der Waals surface area contributed by atoms with Gasteiger partial charge in [-0.05, 0) is 6.07 Å². The summed E-state index contributed by atoms with van der Waals surface area (Å²) in [6.45, 7) is 0. The van der Waals surface area contributed by atoms with Gasteiger partial charge >= 0.3 is 11.4 Å². The number of alkyl halides is 1. The van der Waals surface area contributed by atoms with Crippen molar-refractivity contribution in [2.24, 2.45) is 10.7 Å². The third-order valence-electron chi connectivity index (χ3n) is 1.77. The first-order valence-electron chi connectivity index (χ1n) is 4.28. The smallest absolute Gasteiger partial charge is 0.371 e. The maximum absolute atomic E-state index is 10.8. The quantitative estimate of drug-likeness (QED) is 0.289. The van der Waals surface area contributed by atoms with E-state index in [0.29, 0.717) is 0 Å². The van der Waals surface area contributed by atoms with Crippen molar-refractivity contribution in [3.8, 4) is 0 Å². The highest BCUT2D eigenvalue weighted by Crippen LogP contribution is 2.36. The van der Waals surface area contributed by atoms with Gasteiger partial charge in [-0.3, -0.25) is 20.2 Å². The normalized spacial score (nSPS) is 11.2. The molecular weight excluding hydrogens is 252 g/mol. The summed E-state index contributed by atoms with van der Waals surface area (Å²) in [5.74, 6) is -0.185. The van der Waals surface area contributed by atoms with Gasteiger partial charge in [0, 0.05) is 6.07 Å². The van der Waals surface area contributed by atoms with Gasteiger partial charge in [-0.1, -0.05) is 6.07 Å².